The fourth-order valence-corrected chi connectivity index (χ4v) is 1.80. The molecule has 21 heavy (non-hydrogen) atoms. The van der Waals surface area contributed by atoms with Gasteiger partial charge >= 0.3 is 0 Å². The number of nitrogens with one attached hydrogen (secondary N) is 1. The van der Waals surface area contributed by atoms with Gasteiger partial charge in [0, 0.05) is 13.0 Å². The van der Waals surface area contributed by atoms with Crippen LogP contribution in [0.1, 0.15) is 59.1 Å². The van der Waals surface area contributed by atoms with Crippen LogP contribution >= 0.6 is 0 Å². The monoisotopic (exact) mass is 291 g/mol. The summed E-state index contributed by atoms with van der Waals surface area (Å²) in [6.45, 7) is 13.5. The summed E-state index contributed by atoms with van der Waals surface area (Å²) in [4.78, 5) is 11.8. The number of benzene rings is 1. The van der Waals surface area contributed by atoms with Gasteiger partial charge < -0.3 is 10.1 Å². The van der Waals surface area contributed by atoms with Crippen molar-refractivity contribution in [2.24, 2.45) is 5.41 Å². The number of amides is 1. The molecule has 0 heterocycles. The summed E-state index contributed by atoms with van der Waals surface area (Å²) >= 11 is 0. The minimum Gasteiger partial charge on any atom is -0.371 e. The highest BCUT2D eigenvalue weighted by Crippen LogP contribution is 2.18. The van der Waals surface area contributed by atoms with E-state index < -0.39 is 0 Å². The van der Waals surface area contributed by atoms with Gasteiger partial charge in [-0.2, -0.15) is 0 Å². The highest BCUT2D eigenvalue weighted by atomic mass is 16.5. The van der Waals surface area contributed by atoms with Gasteiger partial charge in [0.25, 0.3) is 0 Å². The van der Waals surface area contributed by atoms with Gasteiger partial charge in [0.15, 0.2) is 0 Å². The molecule has 1 aromatic carbocycles. The Kier molecular flexibility index (Phi) is 5.97. The van der Waals surface area contributed by atoms with E-state index in [1.54, 1.807) is 0 Å². The zero-order valence-electron chi connectivity index (χ0n) is 14.2. The molecule has 0 unspecified atom stereocenters. The fourth-order valence-electron chi connectivity index (χ4n) is 1.80. The number of carbonyl (C=O) groups excluding carboxylic acids is 1. The maximum Gasteiger partial charge on any atom is 0.220 e. The quantitative estimate of drug-likeness (QED) is 0.888. The van der Waals surface area contributed by atoms with Crippen molar-refractivity contribution in [2.75, 3.05) is 0 Å². The Morgan fingerprint density at radius 1 is 1.00 bits per heavy atom. The van der Waals surface area contributed by atoms with Crippen LogP contribution < -0.4 is 5.32 Å². The first kappa shape index (κ1) is 17.7. The van der Waals surface area contributed by atoms with Crippen molar-refractivity contribution in [1.82, 2.24) is 5.32 Å². The van der Waals surface area contributed by atoms with Crippen molar-refractivity contribution in [3.05, 3.63) is 35.4 Å². The third kappa shape index (κ3) is 8.51. The van der Waals surface area contributed by atoms with Gasteiger partial charge in [-0.25, -0.2) is 0 Å². The number of hydrogen-bond acceptors (Lipinski definition) is 2. The van der Waals surface area contributed by atoms with Crippen LogP contribution in [0.2, 0.25) is 0 Å². The zero-order chi connectivity index (χ0) is 16.1. The molecule has 0 saturated carbocycles. The lowest BCUT2D eigenvalue weighted by atomic mass is 9.92. The molecule has 0 radical (unpaired) electrons. The summed E-state index contributed by atoms with van der Waals surface area (Å²) in [5, 5.41) is 2.96. The van der Waals surface area contributed by atoms with Crippen LogP contribution in [0.5, 0.6) is 0 Å². The summed E-state index contributed by atoms with van der Waals surface area (Å²) < 4.78 is 5.74. The summed E-state index contributed by atoms with van der Waals surface area (Å²) in [7, 11) is 0. The van der Waals surface area contributed by atoms with Crippen molar-refractivity contribution < 1.29 is 9.53 Å². The minimum atomic E-state index is -0.125. The van der Waals surface area contributed by atoms with Gasteiger partial charge in [-0.15, -0.1) is 0 Å². The van der Waals surface area contributed by atoms with Crippen LogP contribution in [0.3, 0.4) is 0 Å². The Labute approximate surface area is 129 Å². The standard InChI is InChI=1S/C18H29NO2/c1-17(2,3)11-16(20)19-12-14-7-9-15(10-8-14)13-21-18(4,5)6/h7-10H,11-13H2,1-6H3,(H,19,20). The van der Waals surface area contributed by atoms with E-state index in [2.05, 4.69) is 38.2 Å². The predicted molar refractivity (Wildman–Crippen MR) is 86.9 cm³/mol. The first-order valence-corrected chi connectivity index (χ1v) is 7.54. The molecule has 0 spiro atoms. The second-order valence-electron chi connectivity index (χ2n) is 7.73. The van der Waals surface area contributed by atoms with Crippen molar-refractivity contribution in [1.29, 1.82) is 0 Å². The Hall–Kier alpha value is -1.35. The normalized spacial score (nSPS) is 12.3. The molecule has 0 aliphatic heterocycles. The molecule has 1 aromatic rings. The molecule has 3 nitrogen and oxygen atoms in total. The van der Waals surface area contributed by atoms with Gasteiger partial charge in [-0.05, 0) is 37.3 Å². The maximum atomic E-state index is 11.8. The lowest BCUT2D eigenvalue weighted by Gasteiger charge is -2.19. The van der Waals surface area contributed by atoms with Crippen molar-refractivity contribution >= 4 is 5.91 Å². The van der Waals surface area contributed by atoms with Crippen LogP contribution in [0.25, 0.3) is 0 Å². The number of ether oxygens (including phenoxy) is 1. The van der Waals surface area contributed by atoms with Crippen molar-refractivity contribution in [3.8, 4) is 0 Å². The maximum absolute atomic E-state index is 11.8. The molecule has 1 N–H and O–H groups in total. The lowest BCUT2D eigenvalue weighted by molar-refractivity contribution is -0.122. The Morgan fingerprint density at radius 2 is 1.52 bits per heavy atom. The Balaban J connectivity index is 2.43. The molecule has 0 saturated heterocycles. The SMILES string of the molecule is CC(C)(C)CC(=O)NCc1ccc(COC(C)(C)C)cc1. The van der Waals surface area contributed by atoms with E-state index in [4.69, 9.17) is 4.74 Å². The number of rotatable bonds is 5. The number of carbonyl (C=O) groups is 1. The first-order chi connectivity index (χ1) is 9.55. The number of hydrogen-bond donors (Lipinski definition) is 1. The molecular formula is C18H29NO2. The van der Waals surface area contributed by atoms with Gasteiger partial charge in [0.05, 0.1) is 12.2 Å². The van der Waals surface area contributed by atoms with Crippen molar-refractivity contribution in [3.63, 3.8) is 0 Å². The molecule has 0 fully saturated rings. The lowest BCUT2D eigenvalue weighted by Crippen LogP contribution is -2.27. The van der Waals surface area contributed by atoms with Crippen molar-refractivity contribution in [2.45, 2.75) is 66.7 Å². The Bertz CT molecular complexity index is 450. The molecule has 3 heteroatoms. The first-order valence-electron chi connectivity index (χ1n) is 7.54. The minimum absolute atomic E-state index is 0.0260. The van der Waals surface area contributed by atoms with Crippen LogP contribution in [0, 0.1) is 5.41 Å². The molecule has 0 aliphatic carbocycles. The molecular weight excluding hydrogens is 262 g/mol. The third-order valence-electron chi connectivity index (χ3n) is 2.88. The van der Waals surface area contributed by atoms with E-state index in [1.807, 2.05) is 32.9 Å². The van der Waals surface area contributed by atoms with E-state index in [0.29, 0.717) is 19.6 Å². The molecule has 0 bridgehead atoms. The van der Waals surface area contributed by atoms with E-state index >= 15 is 0 Å². The highest BCUT2D eigenvalue weighted by molar-refractivity contribution is 5.76. The highest BCUT2D eigenvalue weighted by Gasteiger charge is 2.15. The largest absolute Gasteiger partial charge is 0.371 e. The topological polar surface area (TPSA) is 38.3 Å². The zero-order valence-corrected chi connectivity index (χ0v) is 14.2. The van der Waals surface area contributed by atoms with Crippen LogP contribution in [0.4, 0.5) is 0 Å². The van der Waals surface area contributed by atoms with E-state index in [9.17, 15) is 4.79 Å². The van der Waals surface area contributed by atoms with Crippen LogP contribution in [-0.2, 0) is 22.7 Å². The second-order valence-corrected chi connectivity index (χ2v) is 7.73. The fraction of sp³-hybridized carbons (Fsp3) is 0.611. The molecule has 1 rings (SSSR count). The molecule has 0 atom stereocenters. The van der Waals surface area contributed by atoms with Crippen LogP contribution in [0.15, 0.2) is 24.3 Å². The van der Waals surface area contributed by atoms with Gasteiger partial charge in [-0.1, -0.05) is 45.0 Å². The average molecular weight is 291 g/mol. The molecule has 0 aromatic heterocycles. The molecule has 118 valence electrons. The molecule has 1 amide bonds. The summed E-state index contributed by atoms with van der Waals surface area (Å²) in [6, 6.07) is 8.19. The molecule has 0 aliphatic rings. The second kappa shape index (κ2) is 7.08. The van der Waals surface area contributed by atoms with Crippen LogP contribution in [-0.4, -0.2) is 11.5 Å². The van der Waals surface area contributed by atoms with Gasteiger partial charge in [0.2, 0.25) is 5.91 Å². The smallest absolute Gasteiger partial charge is 0.220 e. The predicted octanol–water partition coefficient (Wildman–Crippen LogP) is 4.05. The van der Waals surface area contributed by atoms with Gasteiger partial charge in [0.1, 0.15) is 0 Å². The summed E-state index contributed by atoms with van der Waals surface area (Å²) in [6.07, 6.45) is 0.546. The van der Waals surface area contributed by atoms with E-state index in [0.717, 1.165) is 11.1 Å². The van der Waals surface area contributed by atoms with Gasteiger partial charge in [-0.3, -0.25) is 4.79 Å². The van der Waals surface area contributed by atoms with E-state index in [-0.39, 0.29) is 16.9 Å². The summed E-state index contributed by atoms with van der Waals surface area (Å²) in [5.41, 5.74) is 2.16. The third-order valence-corrected chi connectivity index (χ3v) is 2.88. The van der Waals surface area contributed by atoms with E-state index in [1.165, 1.54) is 0 Å². The summed E-state index contributed by atoms with van der Waals surface area (Å²) in [5.74, 6) is 0.0997. The Morgan fingerprint density at radius 3 is 2.00 bits per heavy atom. The average Bonchev–Trinajstić information content (AvgIpc) is 2.32.